The fraction of sp³-hybridized carbons (Fsp3) is 0.481. The lowest BCUT2D eigenvalue weighted by Gasteiger charge is -2.33. The first-order valence-electron chi connectivity index (χ1n) is 12.2. The van der Waals surface area contributed by atoms with Gasteiger partial charge in [0.05, 0.1) is 5.69 Å². The summed E-state index contributed by atoms with van der Waals surface area (Å²) in [5.74, 6) is -0.743. The molecule has 0 aliphatic rings. The third-order valence-electron chi connectivity index (χ3n) is 6.29. The SMILES string of the molecule is CC[C@H](C)NC(=O)[C@@H](C)N(Cc1ccc(C)cc1)C(=O)CN(c1cc(C)ccc1C)S(=O)(=O)N(C)C. The van der Waals surface area contributed by atoms with Crippen LogP contribution in [0.2, 0.25) is 0 Å². The molecule has 2 atom stereocenters. The van der Waals surface area contributed by atoms with E-state index in [9.17, 15) is 18.0 Å². The van der Waals surface area contributed by atoms with Gasteiger partial charge in [-0.2, -0.15) is 12.7 Å². The summed E-state index contributed by atoms with van der Waals surface area (Å²) in [7, 11) is -1.12. The second-order valence-electron chi connectivity index (χ2n) is 9.59. The van der Waals surface area contributed by atoms with Gasteiger partial charge >= 0.3 is 10.2 Å². The van der Waals surface area contributed by atoms with Gasteiger partial charge in [-0.1, -0.05) is 48.9 Å². The number of aryl methyl sites for hydroxylation is 3. The summed E-state index contributed by atoms with van der Waals surface area (Å²) in [6.45, 7) is 11.0. The Morgan fingerprint density at radius 1 is 0.944 bits per heavy atom. The monoisotopic (exact) mass is 516 g/mol. The van der Waals surface area contributed by atoms with E-state index < -0.39 is 28.7 Å². The molecular formula is C27H40N4O4S. The van der Waals surface area contributed by atoms with Crippen molar-refractivity contribution in [3.63, 3.8) is 0 Å². The lowest BCUT2D eigenvalue weighted by atomic mass is 10.1. The molecule has 1 N–H and O–H groups in total. The van der Waals surface area contributed by atoms with Crippen LogP contribution in [-0.2, 0) is 26.3 Å². The summed E-state index contributed by atoms with van der Waals surface area (Å²) in [6.07, 6.45) is 0.756. The molecule has 0 saturated carbocycles. The van der Waals surface area contributed by atoms with Gasteiger partial charge < -0.3 is 10.2 Å². The lowest BCUT2D eigenvalue weighted by Crippen LogP contribution is -2.53. The van der Waals surface area contributed by atoms with Crippen molar-refractivity contribution in [3.8, 4) is 0 Å². The van der Waals surface area contributed by atoms with Crippen LogP contribution in [-0.4, -0.2) is 62.2 Å². The second kappa shape index (κ2) is 12.4. The van der Waals surface area contributed by atoms with Gasteiger partial charge in [-0.15, -0.1) is 0 Å². The summed E-state index contributed by atoms with van der Waals surface area (Å²) in [6, 6.07) is 12.4. The van der Waals surface area contributed by atoms with Crippen molar-refractivity contribution >= 4 is 27.7 Å². The Morgan fingerprint density at radius 2 is 1.53 bits per heavy atom. The molecule has 0 unspecified atom stereocenters. The Hall–Kier alpha value is -2.91. The van der Waals surface area contributed by atoms with Gasteiger partial charge in [0.2, 0.25) is 11.8 Å². The number of carbonyl (C=O) groups is 2. The molecule has 8 nitrogen and oxygen atoms in total. The van der Waals surface area contributed by atoms with Gasteiger partial charge in [0.25, 0.3) is 0 Å². The predicted molar refractivity (Wildman–Crippen MR) is 145 cm³/mol. The molecule has 0 heterocycles. The van der Waals surface area contributed by atoms with E-state index in [2.05, 4.69) is 5.32 Å². The number of carbonyl (C=O) groups excluding carboxylic acids is 2. The Kier molecular flexibility index (Phi) is 10.1. The highest BCUT2D eigenvalue weighted by molar-refractivity contribution is 7.90. The zero-order valence-electron chi connectivity index (χ0n) is 22.7. The van der Waals surface area contributed by atoms with Gasteiger partial charge in [0.15, 0.2) is 0 Å². The summed E-state index contributed by atoms with van der Waals surface area (Å²) >= 11 is 0. The van der Waals surface area contributed by atoms with Crippen molar-refractivity contribution in [2.75, 3.05) is 24.9 Å². The quantitative estimate of drug-likeness (QED) is 0.495. The molecule has 2 aromatic rings. The normalized spacial score (nSPS) is 13.2. The molecule has 198 valence electrons. The first-order valence-corrected chi connectivity index (χ1v) is 13.6. The summed E-state index contributed by atoms with van der Waals surface area (Å²) in [5, 5.41) is 2.94. The van der Waals surface area contributed by atoms with Crippen LogP contribution in [0.1, 0.15) is 49.4 Å². The molecule has 2 aromatic carbocycles. The maximum Gasteiger partial charge on any atom is 0.304 e. The molecule has 0 aromatic heterocycles. The van der Waals surface area contributed by atoms with Crippen LogP contribution < -0.4 is 9.62 Å². The number of hydrogen-bond acceptors (Lipinski definition) is 4. The van der Waals surface area contributed by atoms with Gasteiger partial charge in [0.1, 0.15) is 12.6 Å². The molecule has 0 aliphatic heterocycles. The summed E-state index contributed by atoms with van der Waals surface area (Å²) in [5.41, 5.74) is 3.97. The molecule has 0 radical (unpaired) electrons. The Balaban J connectivity index is 2.49. The fourth-order valence-electron chi connectivity index (χ4n) is 3.63. The van der Waals surface area contributed by atoms with Crippen LogP contribution in [0.25, 0.3) is 0 Å². The van der Waals surface area contributed by atoms with E-state index >= 15 is 0 Å². The number of rotatable bonds is 11. The van der Waals surface area contributed by atoms with Crippen molar-refractivity contribution in [2.45, 2.75) is 66.6 Å². The summed E-state index contributed by atoms with van der Waals surface area (Å²) in [4.78, 5) is 28.3. The minimum absolute atomic E-state index is 0.0446. The number of nitrogens with one attached hydrogen (secondary N) is 1. The van der Waals surface area contributed by atoms with E-state index in [1.54, 1.807) is 13.0 Å². The first-order chi connectivity index (χ1) is 16.8. The van der Waals surface area contributed by atoms with E-state index in [0.29, 0.717) is 5.69 Å². The van der Waals surface area contributed by atoms with E-state index in [1.807, 2.05) is 71.0 Å². The van der Waals surface area contributed by atoms with Crippen molar-refractivity contribution < 1.29 is 18.0 Å². The molecule has 0 spiro atoms. The second-order valence-corrected chi connectivity index (χ2v) is 11.7. The number of nitrogens with zero attached hydrogens (tertiary/aromatic N) is 3. The van der Waals surface area contributed by atoms with Gasteiger partial charge in [0, 0.05) is 26.7 Å². The lowest BCUT2D eigenvalue weighted by molar-refractivity contribution is -0.139. The van der Waals surface area contributed by atoms with Crippen LogP contribution >= 0.6 is 0 Å². The third kappa shape index (κ3) is 7.30. The highest BCUT2D eigenvalue weighted by Crippen LogP contribution is 2.26. The molecule has 0 saturated heterocycles. The van der Waals surface area contributed by atoms with Crippen molar-refractivity contribution in [3.05, 3.63) is 64.7 Å². The largest absolute Gasteiger partial charge is 0.352 e. The number of benzene rings is 2. The van der Waals surface area contributed by atoms with Crippen molar-refractivity contribution in [2.24, 2.45) is 0 Å². The summed E-state index contributed by atoms with van der Waals surface area (Å²) < 4.78 is 28.9. The maximum absolute atomic E-state index is 13.8. The van der Waals surface area contributed by atoms with E-state index in [-0.39, 0.29) is 18.5 Å². The molecule has 2 amide bonds. The molecule has 9 heteroatoms. The van der Waals surface area contributed by atoms with Crippen molar-refractivity contribution in [1.82, 2.24) is 14.5 Å². The molecule has 0 aliphatic carbocycles. The molecule has 2 rings (SSSR count). The maximum atomic E-state index is 13.8. The number of amides is 2. The van der Waals surface area contributed by atoms with Gasteiger partial charge in [-0.05, 0) is 63.8 Å². The number of anilines is 1. The molecule has 36 heavy (non-hydrogen) atoms. The minimum Gasteiger partial charge on any atom is -0.352 e. The van der Waals surface area contributed by atoms with Gasteiger partial charge in [-0.3, -0.25) is 9.59 Å². The molecule has 0 fully saturated rings. The van der Waals surface area contributed by atoms with Crippen LogP contribution in [0.3, 0.4) is 0 Å². The number of hydrogen-bond donors (Lipinski definition) is 1. The standard InChI is InChI=1S/C27H40N4O4S/c1-9-22(5)28-27(33)23(6)30(17-24-14-11-19(2)12-15-24)26(32)18-31(36(34,35)29(7)8)25-16-20(3)10-13-21(25)4/h10-16,22-23H,9,17-18H2,1-8H3,(H,28,33)/t22-,23+/m0/s1. The smallest absolute Gasteiger partial charge is 0.304 e. The third-order valence-corrected chi connectivity index (χ3v) is 8.10. The van der Waals surface area contributed by atoms with Crippen LogP contribution in [0.15, 0.2) is 42.5 Å². The zero-order chi connectivity index (χ0) is 27.2. The fourth-order valence-corrected chi connectivity index (χ4v) is 4.74. The Morgan fingerprint density at radius 3 is 2.08 bits per heavy atom. The minimum atomic E-state index is -3.99. The highest BCUT2D eigenvalue weighted by atomic mass is 32.2. The molecular weight excluding hydrogens is 476 g/mol. The van der Waals surface area contributed by atoms with Crippen LogP contribution in [0, 0.1) is 20.8 Å². The first kappa shape index (κ1) is 29.3. The van der Waals surface area contributed by atoms with Crippen molar-refractivity contribution in [1.29, 1.82) is 0 Å². The highest BCUT2D eigenvalue weighted by Gasteiger charge is 2.33. The average Bonchev–Trinajstić information content (AvgIpc) is 2.82. The Bertz CT molecular complexity index is 1160. The zero-order valence-corrected chi connectivity index (χ0v) is 23.5. The van der Waals surface area contributed by atoms with Crippen LogP contribution in [0.4, 0.5) is 5.69 Å². The van der Waals surface area contributed by atoms with Gasteiger partial charge in [-0.25, -0.2) is 4.31 Å². The van der Waals surface area contributed by atoms with E-state index in [0.717, 1.165) is 37.3 Å². The average molecular weight is 517 g/mol. The Labute approximate surface area is 216 Å². The van der Waals surface area contributed by atoms with E-state index in [1.165, 1.54) is 19.0 Å². The molecule has 0 bridgehead atoms. The predicted octanol–water partition coefficient (Wildman–Crippen LogP) is 3.56. The van der Waals surface area contributed by atoms with Crippen LogP contribution in [0.5, 0.6) is 0 Å². The topological polar surface area (TPSA) is 90.0 Å². The van der Waals surface area contributed by atoms with E-state index in [4.69, 9.17) is 0 Å².